The topological polar surface area (TPSA) is 41.1 Å². The van der Waals surface area contributed by atoms with E-state index in [1.54, 1.807) is 6.08 Å². The van der Waals surface area contributed by atoms with Gasteiger partial charge in [-0.3, -0.25) is 4.79 Å². The van der Waals surface area contributed by atoms with E-state index in [9.17, 15) is 4.79 Å². The smallest absolute Gasteiger partial charge is 0.238 e. The quantitative estimate of drug-likeness (QED) is 0.656. The van der Waals surface area contributed by atoms with E-state index in [0.717, 1.165) is 20.9 Å². The van der Waals surface area contributed by atoms with Gasteiger partial charge in [0.1, 0.15) is 0 Å². The van der Waals surface area contributed by atoms with E-state index in [0.29, 0.717) is 6.54 Å². The van der Waals surface area contributed by atoms with Crippen LogP contribution in [0.25, 0.3) is 10.8 Å². The summed E-state index contributed by atoms with van der Waals surface area (Å²) in [6.45, 7) is 4.49. The average molecular weight is 319 g/mol. The van der Waals surface area contributed by atoms with Gasteiger partial charge in [0.15, 0.2) is 0 Å². The van der Waals surface area contributed by atoms with Crippen LogP contribution in [-0.4, -0.2) is 19.0 Å². The van der Waals surface area contributed by atoms with Gasteiger partial charge in [-0.25, -0.2) is 0 Å². The van der Waals surface area contributed by atoms with Crippen molar-refractivity contribution in [3.05, 3.63) is 53.5 Å². The van der Waals surface area contributed by atoms with Gasteiger partial charge in [-0.05, 0) is 17.5 Å². The van der Waals surface area contributed by atoms with Gasteiger partial charge in [-0.2, -0.15) is 0 Å². The summed E-state index contributed by atoms with van der Waals surface area (Å²) >= 11 is 3.51. The molecule has 98 valence electrons. The molecule has 2 N–H and O–H groups in total. The van der Waals surface area contributed by atoms with Crippen LogP contribution in [0.3, 0.4) is 0 Å². The Balaban J connectivity index is 2.19. The Labute approximate surface area is 120 Å². The monoisotopic (exact) mass is 318 g/mol. The summed E-state index contributed by atoms with van der Waals surface area (Å²) in [5.41, 5.74) is 0.823. The number of hydrogen-bond acceptors (Lipinski definition) is 2. The highest BCUT2D eigenvalue weighted by atomic mass is 79.9. The molecule has 2 aromatic rings. The fourth-order valence-electron chi connectivity index (χ4n) is 1.85. The molecule has 1 amide bonds. The minimum atomic E-state index is -0.0608. The van der Waals surface area contributed by atoms with E-state index in [2.05, 4.69) is 33.1 Å². The van der Waals surface area contributed by atoms with Crippen molar-refractivity contribution in [3.8, 4) is 0 Å². The van der Waals surface area contributed by atoms with Crippen LogP contribution in [0, 0.1) is 0 Å². The lowest BCUT2D eigenvalue weighted by Gasteiger charge is -2.10. The van der Waals surface area contributed by atoms with E-state index < -0.39 is 0 Å². The molecule has 0 aromatic heterocycles. The molecular formula is C15H15BrN2O. The zero-order valence-electron chi connectivity index (χ0n) is 10.4. The van der Waals surface area contributed by atoms with Gasteiger partial charge in [0, 0.05) is 22.1 Å². The van der Waals surface area contributed by atoms with Gasteiger partial charge < -0.3 is 10.6 Å². The number of rotatable bonds is 5. The summed E-state index contributed by atoms with van der Waals surface area (Å²) in [6, 6.07) is 11.8. The summed E-state index contributed by atoms with van der Waals surface area (Å²) < 4.78 is 1.02. The molecule has 2 rings (SSSR count). The molecule has 0 bridgehead atoms. The Bertz CT molecular complexity index is 610. The van der Waals surface area contributed by atoms with E-state index in [1.807, 2.05) is 36.4 Å². The number of halogens is 1. The number of anilines is 1. The predicted molar refractivity (Wildman–Crippen MR) is 83.3 cm³/mol. The van der Waals surface area contributed by atoms with Gasteiger partial charge in [0.25, 0.3) is 0 Å². The van der Waals surface area contributed by atoms with E-state index in [1.165, 1.54) is 0 Å². The molecule has 0 unspecified atom stereocenters. The third-order valence-corrected chi connectivity index (χ3v) is 3.41. The zero-order valence-corrected chi connectivity index (χ0v) is 12.0. The molecule has 3 nitrogen and oxygen atoms in total. The van der Waals surface area contributed by atoms with Crippen LogP contribution in [0.5, 0.6) is 0 Å². The molecule has 4 heteroatoms. The second-order valence-electron chi connectivity index (χ2n) is 4.11. The zero-order chi connectivity index (χ0) is 13.7. The number of benzene rings is 2. The summed E-state index contributed by atoms with van der Waals surface area (Å²) in [6.07, 6.45) is 1.72. The molecule has 0 fully saturated rings. The summed E-state index contributed by atoms with van der Waals surface area (Å²) in [5, 5.41) is 7.99. The third-order valence-electron chi connectivity index (χ3n) is 2.72. The van der Waals surface area contributed by atoms with Crippen LogP contribution < -0.4 is 10.6 Å². The minimum Gasteiger partial charge on any atom is -0.324 e. The first-order chi connectivity index (χ1) is 9.22. The second kappa shape index (κ2) is 6.50. The van der Waals surface area contributed by atoms with E-state index in [-0.39, 0.29) is 12.5 Å². The van der Waals surface area contributed by atoms with Gasteiger partial charge >= 0.3 is 0 Å². The first-order valence-electron chi connectivity index (χ1n) is 6.01. The molecular weight excluding hydrogens is 304 g/mol. The second-order valence-corrected chi connectivity index (χ2v) is 4.96. The highest BCUT2D eigenvalue weighted by Gasteiger charge is 2.06. The van der Waals surface area contributed by atoms with Crippen LogP contribution in [0.2, 0.25) is 0 Å². The van der Waals surface area contributed by atoms with Crippen molar-refractivity contribution in [1.82, 2.24) is 5.32 Å². The number of hydrogen-bond donors (Lipinski definition) is 2. The molecule has 0 aliphatic rings. The fraction of sp³-hybridized carbons (Fsp3) is 0.133. The molecule has 19 heavy (non-hydrogen) atoms. The Kier molecular flexibility index (Phi) is 4.71. The normalized spacial score (nSPS) is 10.4. The Morgan fingerprint density at radius 3 is 2.68 bits per heavy atom. The largest absolute Gasteiger partial charge is 0.324 e. The summed E-state index contributed by atoms with van der Waals surface area (Å²) in [4.78, 5) is 11.8. The summed E-state index contributed by atoms with van der Waals surface area (Å²) in [7, 11) is 0. The van der Waals surface area contributed by atoms with Crippen LogP contribution >= 0.6 is 15.9 Å². The maximum Gasteiger partial charge on any atom is 0.238 e. The lowest BCUT2D eigenvalue weighted by atomic mass is 10.1. The number of fused-ring (bicyclic) bond motifs is 1. The van der Waals surface area contributed by atoms with Crippen molar-refractivity contribution in [2.75, 3.05) is 18.4 Å². The van der Waals surface area contributed by atoms with Gasteiger partial charge in [-0.1, -0.05) is 46.3 Å². The first kappa shape index (κ1) is 13.8. The number of carbonyl (C=O) groups excluding carboxylic acids is 1. The van der Waals surface area contributed by atoms with Crippen molar-refractivity contribution in [2.45, 2.75) is 0 Å². The van der Waals surface area contributed by atoms with Crippen LogP contribution in [-0.2, 0) is 4.79 Å². The Morgan fingerprint density at radius 2 is 1.95 bits per heavy atom. The maximum absolute atomic E-state index is 11.8. The van der Waals surface area contributed by atoms with Crippen molar-refractivity contribution in [2.24, 2.45) is 0 Å². The highest BCUT2D eigenvalue weighted by Crippen LogP contribution is 2.29. The fourth-order valence-corrected chi connectivity index (χ4v) is 2.33. The van der Waals surface area contributed by atoms with Crippen molar-refractivity contribution in [1.29, 1.82) is 0 Å². The lowest BCUT2D eigenvalue weighted by molar-refractivity contribution is -0.115. The summed E-state index contributed by atoms with van der Waals surface area (Å²) in [5.74, 6) is -0.0608. The highest BCUT2D eigenvalue weighted by molar-refractivity contribution is 9.10. The standard InChI is InChI=1S/C15H15BrN2O/c1-2-9-17-10-15(19)18-14-8-7-13(16)11-5-3-4-6-12(11)14/h2-8,17H,1,9-10H2,(H,18,19). The van der Waals surface area contributed by atoms with E-state index >= 15 is 0 Å². The van der Waals surface area contributed by atoms with E-state index in [4.69, 9.17) is 0 Å². The molecule has 0 aliphatic heterocycles. The predicted octanol–water partition coefficient (Wildman–Crippen LogP) is 3.32. The van der Waals surface area contributed by atoms with Crippen LogP contribution in [0.4, 0.5) is 5.69 Å². The molecule has 0 spiro atoms. The molecule has 0 heterocycles. The maximum atomic E-state index is 11.8. The Hall–Kier alpha value is -1.65. The lowest BCUT2D eigenvalue weighted by Crippen LogP contribution is -2.28. The molecule has 0 radical (unpaired) electrons. The van der Waals surface area contributed by atoms with Gasteiger partial charge in [0.2, 0.25) is 5.91 Å². The molecule has 0 saturated carbocycles. The van der Waals surface area contributed by atoms with Gasteiger partial charge in [-0.15, -0.1) is 6.58 Å². The molecule has 0 atom stereocenters. The minimum absolute atomic E-state index is 0.0608. The molecule has 2 aromatic carbocycles. The first-order valence-corrected chi connectivity index (χ1v) is 6.80. The molecule has 0 aliphatic carbocycles. The third kappa shape index (κ3) is 3.43. The number of amides is 1. The van der Waals surface area contributed by atoms with Crippen LogP contribution in [0.15, 0.2) is 53.5 Å². The van der Waals surface area contributed by atoms with Crippen LogP contribution in [0.1, 0.15) is 0 Å². The van der Waals surface area contributed by atoms with Gasteiger partial charge in [0.05, 0.1) is 6.54 Å². The average Bonchev–Trinajstić information content (AvgIpc) is 2.43. The molecule has 0 saturated heterocycles. The SMILES string of the molecule is C=CCNCC(=O)Nc1ccc(Br)c2ccccc12. The van der Waals surface area contributed by atoms with Crippen molar-refractivity contribution >= 4 is 38.3 Å². The number of nitrogens with one attached hydrogen (secondary N) is 2. The van der Waals surface area contributed by atoms with Crippen molar-refractivity contribution < 1.29 is 4.79 Å². The Morgan fingerprint density at radius 1 is 1.21 bits per heavy atom. The number of carbonyl (C=O) groups is 1. The van der Waals surface area contributed by atoms with Crippen molar-refractivity contribution in [3.63, 3.8) is 0 Å².